The quantitative estimate of drug-likeness (QED) is 0.655. The SMILES string of the molecule is CCn1c(SCc2cccc(S(=O)(=O)N3CCOCC3)c2)nnc1C1CC1. The first-order chi connectivity index (χ1) is 13.1. The molecule has 0 unspecified atom stereocenters. The van der Waals surface area contributed by atoms with Crippen molar-refractivity contribution in [1.82, 2.24) is 19.1 Å². The third-order valence-corrected chi connectivity index (χ3v) is 7.81. The number of thioether (sulfide) groups is 1. The lowest BCUT2D eigenvalue weighted by molar-refractivity contribution is 0.0730. The molecule has 9 heteroatoms. The molecule has 1 saturated heterocycles. The van der Waals surface area contributed by atoms with Crippen molar-refractivity contribution < 1.29 is 13.2 Å². The summed E-state index contributed by atoms with van der Waals surface area (Å²) in [4.78, 5) is 0.345. The fourth-order valence-electron chi connectivity index (χ4n) is 3.23. The fraction of sp³-hybridized carbons (Fsp3) is 0.556. The van der Waals surface area contributed by atoms with Gasteiger partial charge in [0.2, 0.25) is 10.0 Å². The van der Waals surface area contributed by atoms with Crippen molar-refractivity contribution in [3.63, 3.8) is 0 Å². The zero-order valence-electron chi connectivity index (χ0n) is 15.4. The monoisotopic (exact) mass is 408 g/mol. The van der Waals surface area contributed by atoms with E-state index < -0.39 is 10.0 Å². The first kappa shape index (κ1) is 18.9. The normalized spacial score (nSPS) is 18.7. The molecule has 146 valence electrons. The van der Waals surface area contributed by atoms with Gasteiger partial charge in [-0.3, -0.25) is 0 Å². The van der Waals surface area contributed by atoms with Crippen LogP contribution >= 0.6 is 11.8 Å². The van der Waals surface area contributed by atoms with Gasteiger partial charge in [0.25, 0.3) is 0 Å². The Morgan fingerprint density at radius 2 is 2.00 bits per heavy atom. The van der Waals surface area contributed by atoms with Gasteiger partial charge in [0.15, 0.2) is 5.16 Å². The van der Waals surface area contributed by atoms with Crippen molar-refractivity contribution in [2.24, 2.45) is 0 Å². The molecule has 0 amide bonds. The Morgan fingerprint density at radius 3 is 2.70 bits per heavy atom. The van der Waals surface area contributed by atoms with Gasteiger partial charge in [-0.2, -0.15) is 4.31 Å². The maximum Gasteiger partial charge on any atom is 0.243 e. The van der Waals surface area contributed by atoms with E-state index in [1.54, 1.807) is 23.9 Å². The van der Waals surface area contributed by atoms with E-state index in [1.165, 1.54) is 17.1 Å². The van der Waals surface area contributed by atoms with Crippen LogP contribution in [0, 0.1) is 0 Å². The maximum atomic E-state index is 12.8. The van der Waals surface area contributed by atoms with E-state index in [0.717, 1.165) is 23.1 Å². The van der Waals surface area contributed by atoms with Crippen LogP contribution in [0.25, 0.3) is 0 Å². The standard InChI is InChI=1S/C18H24N4O3S2/c1-2-22-17(15-6-7-15)19-20-18(22)26-13-14-4-3-5-16(12-14)27(23,24)21-8-10-25-11-9-21/h3-5,12,15H,2,6-11,13H2,1H3. The van der Waals surface area contributed by atoms with E-state index in [4.69, 9.17) is 4.74 Å². The smallest absolute Gasteiger partial charge is 0.243 e. The molecule has 1 aliphatic heterocycles. The molecule has 1 aromatic carbocycles. The second-order valence-electron chi connectivity index (χ2n) is 6.81. The Bertz CT molecular complexity index is 903. The topological polar surface area (TPSA) is 77.3 Å². The summed E-state index contributed by atoms with van der Waals surface area (Å²) in [6, 6.07) is 7.20. The van der Waals surface area contributed by atoms with Crippen LogP contribution in [-0.2, 0) is 27.1 Å². The molecule has 27 heavy (non-hydrogen) atoms. The van der Waals surface area contributed by atoms with Gasteiger partial charge in [-0.05, 0) is 37.5 Å². The van der Waals surface area contributed by atoms with E-state index in [0.29, 0.717) is 42.9 Å². The Hall–Kier alpha value is -1.42. The highest BCUT2D eigenvalue weighted by molar-refractivity contribution is 7.98. The number of nitrogens with zero attached hydrogens (tertiary/aromatic N) is 4. The fourth-order valence-corrected chi connectivity index (χ4v) is 5.66. The van der Waals surface area contributed by atoms with Gasteiger partial charge in [0.1, 0.15) is 5.82 Å². The second kappa shape index (κ2) is 7.90. The number of benzene rings is 1. The molecule has 1 saturated carbocycles. The number of ether oxygens (including phenoxy) is 1. The van der Waals surface area contributed by atoms with E-state index in [2.05, 4.69) is 21.7 Å². The first-order valence-electron chi connectivity index (χ1n) is 9.32. The lowest BCUT2D eigenvalue weighted by Gasteiger charge is -2.26. The van der Waals surface area contributed by atoms with Crippen molar-refractivity contribution in [2.75, 3.05) is 26.3 Å². The van der Waals surface area contributed by atoms with E-state index >= 15 is 0 Å². The molecule has 4 rings (SSSR count). The van der Waals surface area contributed by atoms with E-state index in [9.17, 15) is 8.42 Å². The van der Waals surface area contributed by atoms with Crippen molar-refractivity contribution in [3.8, 4) is 0 Å². The molecule has 1 aromatic heterocycles. The summed E-state index contributed by atoms with van der Waals surface area (Å²) in [6.45, 7) is 4.67. The Morgan fingerprint density at radius 1 is 1.22 bits per heavy atom. The zero-order valence-corrected chi connectivity index (χ0v) is 17.0. The molecule has 0 bridgehead atoms. The van der Waals surface area contributed by atoms with Crippen LogP contribution in [-0.4, -0.2) is 53.8 Å². The van der Waals surface area contributed by atoms with Crippen molar-refractivity contribution in [2.45, 2.75) is 48.0 Å². The summed E-state index contributed by atoms with van der Waals surface area (Å²) in [5, 5.41) is 9.60. The molecule has 0 N–H and O–H groups in total. The Labute approximate surface area is 164 Å². The molecule has 2 aliphatic rings. The Kier molecular flexibility index (Phi) is 5.54. The average Bonchev–Trinajstić information content (AvgIpc) is 3.47. The molecule has 1 aliphatic carbocycles. The van der Waals surface area contributed by atoms with Crippen LogP contribution in [0.5, 0.6) is 0 Å². The van der Waals surface area contributed by atoms with Crippen LogP contribution in [0.4, 0.5) is 0 Å². The summed E-state index contributed by atoms with van der Waals surface area (Å²) in [7, 11) is -3.47. The third kappa shape index (κ3) is 4.06. The summed E-state index contributed by atoms with van der Waals surface area (Å²) in [5.74, 6) is 2.31. The summed E-state index contributed by atoms with van der Waals surface area (Å²) in [5.41, 5.74) is 0.966. The highest BCUT2D eigenvalue weighted by Gasteiger charge is 2.30. The average molecular weight is 409 g/mol. The number of morpholine rings is 1. The molecule has 0 radical (unpaired) electrons. The molecule has 0 spiro atoms. The van der Waals surface area contributed by atoms with Gasteiger partial charge < -0.3 is 9.30 Å². The van der Waals surface area contributed by atoms with Gasteiger partial charge in [-0.1, -0.05) is 23.9 Å². The highest BCUT2D eigenvalue weighted by atomic mass is 32.2. The van der Waals surface area contributed by atoms with Crippen LogP contribution < -0.4 is 0 Å². The zero-order chi connectivity index (χ0) is 18.9. The minimum Gasteiger partial charge on any atom is -0.379 e. The van der Waals surface area contributed by atoms with Gasteiger partial charge in [0.05, 0.1) is 18.1 Å². The number of aromatic nitrogens is 3. The predicted octanol–water partition coefficient (Wildman–Crippen LogP) is 2.49. The van der Waals surface area contributed by atoms with Crippen LogP contribution in [0.2, 0.25) is 0 Å². The number of rotatable bonds is 7. The number of hydrogen-bond acceptors (Lipinski definition) is 6. The van der Waals surface area contributed by atoms with Crippen molar-refractivity contribution in [3.05, 3.63) is 35.7 Å². The highest BCUT2D eigenvalue weighted by Crippen LogP contribution is 2.40. The third-order valence-electron chi connectivity index (χ3n) is 4.88. The van der Waals surface area contributed by atoms with Gasteiger partial charge in [-0.15, -0.1) is 10.2 Å². The minimum absolute atomic E-state index is 0.345. The van der Waals surface area contributed by atoms with E-state index in [-0.39, 0.29) is 0 Å². The minimum atomic E-state index is -3.47. The van der Waals surface area contributed by atoms with Gasteiger partial charge in [-0.25, -0.2) is 8.42 Å². The molecular formula is C18H24N4O3S2. The molecule has 7 nitrogen and oxygen atoms in total. The van der Waals surface area contributed by atoms with Crippen LogP contribution in [0.15, 0.2) is 34.3 Å². The lowest BCUT2D eigenvalue weighted by Crippen LogP contribution is -2.40. The van der Waals surface area contributed by atoms with Crippen LogP contribution in [0.1, 0.15) is 37.1 Å². The van der Waals surface area contributed by atoms with Gasteiger partial charge >= 0.3 is 0 Å². The number of sulfonamides is 1. The molecule has 2 fully saturated rings. The summed E-state index contributed by atoms with van der Waals surface area (Å²) >= 11 is 1.61. The van der Waals surface area contributed by atoms with E-state index in [1.807, 2.05) is 12.1 Å². The largest absolute Gasteiger partial charge is 0.379 e. The lowest BCUT2D eigenvalue weighted by atomic mass is 10.2. The Balaban J connectivity index is 1.48. The molecule has 0 atom stereocenters. The van der Waals surface area contributed by atoms with Crippen molar-refractivity contribution in [1.29, 1.82) is 0 Å². The molecule has 2 aromatic rings. The first-order valence-corrected chi connectivity index (χ1v) is 11.7. The summed E-state index contributed by atoms with van der Waals surface area (Å²) in [6.07, 6.45) is 2.40. The van der Waals surface area contributed by atoms with Crippen molar-refractivity contribution >= 4 is 21.8 Å². The molecule has 2 heterocycles. The maximum absolute atomic E-state index is 12.8. The predicted molar refractivity (Wildman–Crippen MR) is 103 cm³/mol. The van der Waals surface area contributed by atoms with Crippen LogP contribution in [0.3, 0.4) is 0 Å². The second-order valence-corrected chi connectivity index (χ2v) is 9.69. The van der Waals surface area contributed by atoms with Gasteiger partial charge in [0, 0.05) is 31.3 Å². The molecular weight excluding hydrogens is 384 g/mol. The number of hydrogen-bond donors (Lipinski definition) is 0. The summed E-state index contributed by atoms with van der Waals surface area (Å²) < 4.78 is 34.6.